The van der Waals surface area contributed by atoms with Crippen molar-refractivity contribution in [1.82, 2.24) is 9.88 Å². The third kappa shape index (κ3) is 2.86. The molecule has 2 aliphatic rings. The van der Waals surface area contributed by atoms with Crippen LogP contribution in [0.4, 0.5) is 5.13 Å². The molecule has 6 heteroatoms. The second kappa shape index (κ2) is 6.43. The lowest BCUT2D eigenvalue weighted by Gasteiger charge is -2.37. The number of anilines is 1. The molecule has 0 saturated carbocycles. The quantitative estimate of drug-likeness (QED) is 0.841. The van der Waals surface area contributed by atoms with E-state index in [-0.39, 0.29) is 11.8 Å². The maximum atomic E-state index is 13.0. The summed E-state index contributed by atoms with van der Waals surface area (Å²) in [6, 6.07) is 7.92. The van der Waals surface area contributed by atoms with Crippen LogP contribution in [0.2, 0.25) is 0 Å². The van der Waals surface area contributed by atoms with Gasteiger partial charge in [-0.25, -0.2) is 4.98 Å². The van der Waals surface area contributed by atoms with Crippen molar-refractivity contribution in [2.75, 3.05) is 37.7 Å². The zero-order chi connectivity index (χ0) is 16.5. The molecule has 3 heterocycles. The maximum absolute atomic E-state index is 13.0. The summed E-state index contributed by atoms with van der Waals surface area (Å²) in [5.41, 5.74) is 2.10. The molecule has 0 spiro atoms. The highest BCUT2D eigenvalue weighted by molar-refractivity contribution is 7.13. The van der Waals surface area contributed by atoms with Crippen molar-refractivity contribution in [3.63, 3.8) is 0 Å². The summed E-state index contributed by atoms with van der Waals surface area (Å²) in [5, 5.41) is 3.14. The Balaban J connectivity index is 1.44. The molecule has 2 aromatic rings. The highest BCUT2D eigenvalue weighted by atomic mass is 32.1. The van der Waals surface area contributed by atoms with Crippen LogP contribution in [0, 0.1) is 6.92 Å². The summed E-state index contributed by atoms with van der Waals surface area (Å²) in [5.74, 6) is 1.03. The fourth-order valence-corrected chi connectivity index (χ4v) is 4.28. The topological polar surface area (TPSA) is 45.7 Å². The fourth-order valence-electron chi connectivity index (χ4n) is 3.42. The fraction of sp³-hybridized carbons (Fsp3) is 0.444. The normalized spacial score (nSPS) is 20.5. The van der Waals surface area contributed by atoms with Crippen molar-refractivity contribution in [3.8, 4) is 5.75 Å². The number of aromatic nitrogens is 1. The van der Waals surface area contributed by atoms with Crippen molar-refractivity contribution in [2.45, 2.75) is 19.3 Å². The van der Waals surface area contributed by atoms with Crippen molar-refractivity contribution in [3.05, 3.63) is 40.9 Å². The van der Waals surface area contributed by atoms with Gasteiger partial charge in [-0.1, -0.05) is 18.2 Å². The molecule has 1 aromatic heterocycles. The first-order chi connectivity index (χ1) is 11.7. The van der Waals surface area contributed by atoms with Crippen LogP contribution in [0.25, 0.3) is 0 Å². The van der Waals surface area contributed by atoms with Crippen LogP contribution in [0.15, 0.2) is 29.6 Å². The SMILES string of the molecule is Cc1csc(N2CCN(C(=O)[C@@H]3CCOc4ccccc43)CC2)n1. The van der Waals surface area contributed by atoms with Crippen molar-refractivity contribution in [1.29, 1.82) is 0 Å². The molecule has 1 atom stereocenters. The van der Waals surface area contributed by atoms with Gasteiger partial charge in [-0.3, -0.25) is 4.79 Å². The number of piperazine rings is 1. The number of rotatable bonds is 2. The molecule has 0 N–H and O–H groups in total. The molecule has 126 valence electrons. The number of fused-ring (bicyclic) bond motifs is 1. The summed E-state index contributed by atoms with van der Waals surface area (Å²) >= 11 is 1.68. The van der Waals surface area contributed by atoms with Gasteiger partial charge in [0.05, 0.1) is 18.2 Å². The van der Waals surface area contributed by atoms with Gasteiger partial charge in [-0.2, -0.15) is 0 Å². The minimum Gasteiger partial charge on any atom is -0.493 e. The van der Waals surface area contributed by atoms with Gasteiger partial charge < -0.3 is 14.5 Å². The number of hydrogen-bond donors (Lipinski definition) is 0. The van der Waals surface area contributed by atoms with Gasteiger partial charge in [-0.05, 0) is 19.4 Å². The number of amides is 1. The molecule has 1 saturated heterocycles. The van der Waals surface area contributed by atoms with E-state index >= 15 is 0 Å². The minimum absolute atomic E-state index is 0.0661. The number of thiazole rings is 1. The molecule has 1 fully saturated rings. The first-order valence-electron chi connectivity index (χ1n) is 8.40. The first-order valence-corrected chi connectivity index (χ1v) is 9.28. The number of ether oxygens (including phenoxy) is 1. The summed E-state index contributed by atoms with van der Waals surface area (Å²) in [7, 11) is 0. The van der Waals surface area contributed by atoms with Gasteiger partial charge in [0.25, 0.3) is 0 Å². The molecule has 5 nitrogen and oxygen atoms in total. The molecular weight excluding hydrogens is 322 g/mol. The Hall–Kier alpha value is -2.08. The Kier molecular flexibility index (Phi) is 4.14. The number of carbonyl (C=O) groups is 1. The molecular formula is C18H21N3O2S. The molecule has 0 radical (unpaired) electrons. The maximum Gasteiger partial charge on any atom is 0.230 e. The summed E-state index contributed by atoms with van der Waals surface area (Å²) in [6.07, 6.45) is 0.766. The predicted molar refractivity (Wildman–Crippen MR) is 94.9 cm³/mol. The lowest BCUT2D eigenvalue weighted by Crippen LogP contribution is -2.50. The largest absolute Gasteiger partial charge is 0.493 e. The highest BCUT2D eigenvalue weighted by Crippen LogP contribution is 2.35. The zero-order valence-corrected chi connectivity index (χ0v) is 14.6. The van der Waals surface area contributed by atoms with E-state index in [1.807, 2.05) is 36.1 Å². The number of carbonyl (C=O) groups excluding carboxylic acids is 1. The van der Waals surface area contributed by atoms with E-state index in [4.69, 9.17) is 4.74 Å². The van der Waals surface area contributed by atoms with Gasteiger partial charge >= 0.3 is 0 Å². The van der Waals surface area contributed by atoms with Crippen LogP contribution in [0.5, 0.6) is 5.75 Å². The van der Waals surface area contributed by atoms with E-state index in [2.05, 4.69) is 15.3 Å². The van der Waals surface area contributed by atoms with Crippen molar-refractivity contribution < 1.29 is 9.53 Å². The highest BCUT2D eigenvalue weighted by Gasteiger charge is 2.32. The lowest BCUT2D eigenvalue weighted by atomic mass is 9.91. The van der Waals surface area contributed by atoms with Gasteiger partial charge in [0.2, 0.25) is 5.91 Å². The Morgan fingerprint density at radius 1 is 1.25 bits per heavy atom. The predicted octanol–water partition coefficient (Wildman–Crippen LogP) is 2.67. The zero-order valence-electron chi connectivity index (χ0n) is 13.8. The van der Waals surface area contributed by atoms with Gasteiger partial charge in [0, 0.05) is 37.1 Å². The Bertz CT molecular complexity index is 737. The van der Waals surface area contributed by atoms with Crippen LogP contribution in [-0.2, 0) is 4.79 Å². The summed E-state index contributed by atoms with van der Waals surface area (Å²) in [4.78, 5) is 21.8. The molecule has 0 bridgehead atoms. The van der Waals surface area contributed by atoms with E-state index in [0.29, 0.717) is 6.61 Å². The Morgan fingerprint density at radius 2 is 2.04 bits per heavy atom. The molecule has 2 aliphatic heterocycles. The molecule has 1 aromatic carbocycles. The van der Waals surface area contributed by atoms with Crippen LogP contribution >= 0.6 is 11.3 Å². The Labute approximate surface area is 145 Å². The molecule has 24 heavy (non-hydrogen) atoms. The number of nitrogens with zero attached hydrogens (tertiary/aromatic N) is 3. The van der Waals surface area contributed by atoms with Crippen LogP contribution in [-0.4, -0.2) is 48.6 Å². The number of hydrogen-bond acceptors (Lipinski definition) is 5. The van der Waals surface area contributed by atoms with Gasteiger partial charge in [-0.15, -0.1) is 11.3 Å². The molecule has 4 rings (SSSR count). The average molecular weight is 343 g/mol. The lowest BCUT2D eigenvalue weighted by molar-refractivity contribution is -0.133. The van der Waals surface area contributed by atoms with Crippen molar-refractivity contribution in [2.24, 2.45) is 0 Å². The molecule has 1 amide bonds. The van der Waals surface area contributed by atoms with E-state index in [1.54, 1.807) is 11.3 Å². The number of aryl methyl sites for hydroxylation is 1. The number of benzene rings is 1. The van der Waals surface area contributed by atoms with Crippen LogP contribution < -0.4 is 9.64 Å². The molecule has 0 unspecified atom stereocenters. The minimum atomic E-state index is -0.0661. The third-order valence-corrected chi connectivity index (χ3v) is 5.74. The first kappa shape index (κ1) is 15.4. The second-order valence-electron chi connectivity index (χ2n) is 6.31. The number of para-hydroxylation sites is 1. The monoisotopic (exact) mass is 343 g/mol. The smallest absolute Gasteiger partial charge is 0.230 e. The van der Waals surface area contributed by atoms with E-state index < -0.39 is 0 Å². The van der Waals surface area contributed by atoms with Gasteiger partial charge in [0.15, 0.2) is 5.13 Å². The standard InChI is InChI=1S/C18H21N3O2S/c1-13-12-24-18(19-13)21-9-7-20(8-10-21)17(22)15-6-11-23-16-5-3-2-4-14(15)16/h2-5,12,15H,6-11H2,1H3/t15-/m1/s1. The van der Waals surface area contributed by atoms with Gasteiger partial charge in [0.1, 0.15) is 5.75 Å². The second-order valence-corrected chi connectivity index (χ2v) is 7.15. The van der Waals surface area contributed by atoms with Crippen LogP contribution in [0.1, 0.15) is 23.6 Å². The van der Waals surface area contributed by atoms with E-state index in [1.165, 1.54) is 0 Å². The van der Waals surface area contributed by atoms with Crippen LogP contribution in [0.3, 0.4) is 0 Å². The summed E-state index contributed by atoms with van der Waals surface area (Å²) < 4.78 is 5.68. The van der Waals surface area contributed by atoms with E-state index in [9.17, 15) is 4.79 Å². The average Bonchev–Trinajstić information content (AvgIpc) is 3.07. The van der Waals surface area contributed by atoms with E-state index in [0.717, 1.165) is 54.7 Å². The van der Waals surface area contributed by atoms with Crippen molar-refractivity contribution >= 4 is 22.4 Å². The third-order valence-electron chi connectivity index (χ3n) is 4.73. The summed E-state index contributed by atoms with van der Waals surface area (Å²) in [6.45, 7) is 5.86. The Morgan fingerprint density at radius 3 is 2.79 bits per heavy atom. The molecule has 0 aliphatic carbocycles.